The molecule has 0 atom stereocenters. The Balaban J connectivity index is 1.98. The Kier molecular flexibility index (Phi) is 4.46. The van der Waals surface area contributed by atoms with E-state index in [0.717, 1.165) is 32.4 Å². The second-order valence-corrected chi connectivity index (χ2v) is 5.23. The van der Waals surface area contributed by atoms with Gasteiger partial charge in [0.15, 0.2) is 0 Å². The van der Waals surface area contributed by atoms with Crippen molar-refractivity contribution in [1.82, 2.24) is 5.32 Å². The van der Waals surface area contributed by atoms with Gasteiger partial charge in [-0.15, -0.1) is 0 Å². The lowest BCUT2D eigenvalue weighted by Gasteiger charge is -2.42. The Morgan fingerprint density at radius 3 is 2.78 bits per heavy atom. The molecule has 0 radical (unpaired) electrons. The quantitative estimate of drug-likeness (QED) is 0.795. The van der Waals surface area contributed by atoms with Gasteiger partial charge < -0.3 is 10.1 Å². The molecule has 0 spiro atoms. The zero-order valence-corrected chi connectivity index (χ0v) is 11.4. The predicted molar refractivity (Wildman–Crippen MR) is 71.8 cm³/mol. The summed E-state index contributed by atoms with van der Waals surface area (Å²) in [6.07, 6.45) is 4.23. The van der Waals surface area contributed by atoms with Gasteiger partial charge in [0, 0.05) is 6.07 Å². The van der Waals surface area contributed by atoms with Crippen LogP contribution in [0.4, 0.5) is 4.39 Å². The summed E-state index contributed by atoms with van der Waals surface area (Å²) < 4.78 is 19.3. The molecule has 18 heavy (non-hydrogen) atoms. The van der Waals surface area contributed by atoms with Gasteiger partial charge in [-0.1, -0.05) is 18.5 Å². The first-order valence-corrected chi connectivity index (χ1v) is 6.88. The van der Waals surface area contributed by atoms with Gasteiger partial charge in [-0.3, -0.25) is 0 Å². The van der Waals surface area contributed by atoms with Gasteiger partial charge in [-0.05, 0) is 50.9 Å². The highest BCUT2D eigenvalue weighted by molar-refractivity contribution is 6.30. The molecule has 2 nitrogen and oxygen atoms in total. The van der Waals surface area contributed by atoms with Crippen LogP contribution in [0.3, 0.4) is 0 Å². The van der Waals surface area contributed by atoms with Crippen LogP contribution >= 0.6 is 11.6 Å². The smallest absolute Gasteiger partial charge is 0.145 e. The summed E-state index contributed by atoms with van der Waals surface area (Å²) >= 11 is 5.66. The van der Waals surface area contributed by atoms with E-state index in [1.807, 2.05) is 0 Å². The van der Waals surface area contributed by atoms with Crippen LogP contribution in [0.5, 0.6) is 5.75 Å². The van der Waals surface area contributed by atoms with E-state index in [4.69, 9.17) is 16.3 Å². The summed E-state index contributed by atoms with van der Waals surface area (Å²) in [7, 11) is 0. The molecule has 1 fully saturated rings. The molecular weight excluding hydrogens is 253 g/mol. The van der Waals surface area contributed by atoms with Crippen LogP contribution in [-0.2, 0) is 0 Å². The highest BCUT2D eigenvalue weighted by Crippen LogP contribution is 2.39. The van der Waals surface area contributed by atoms with Crippen LogP contribution in [0.25, 0.3) is 0 Å². The van der Waals surface area contributed by atoms with Gasteiger partial charge in [0.05, 0.1) is 5.02 Å². The van der Waals surface area contributed by atoms with Crippen LogP contribution < -0.4 is 10.1 Å². The van der Waals surface area contributed by atoms with Crippen LogP contribution in [-0.4, -0.2) is 18.7 Å². The van der Waals surface area contributed by atoms with Gasteiger partial charge in [0.1, 0.15) is 17.2 Å². The van der Waals surface area contributed by atoms with Crippen molar-refractivity contribution in [2.45, 2.75) is 38.2 Å². The standard InChI is InChI=1S/C14H19ClFNO/c1-2-17-9-8-14(6-3-7-14)18-11-4-5-12(15)13(16)10-11/h4-5,10,17H,2-3,6-9H2,1H3. The van der Waals surface area contributed by atoms with Crippen molar-refractivity contribution in [3.8, 4) is 5.75 Å². The summed E-state index contributed by atoms with van der Waals surface area (Å²) in [5, 5.41) is 3.44. The second-order valence-electron chi connectivity index (χ2n) is 4.82. The molecule has 0 saturated heterocycles. The van der Waals surface area contributed by atoms with E-state index in [1.165, 1.54) is 12.5 Å². The molecule has 1 aliphatic rings. The highest BCUT2D eigenvalue weighted by atomic mass is 35.5. The Labute approximate surface area is 112 Å². The number of rotatable bonds is 6. The minimum atomic E-state index is -0.421. The maximum absolute atomic E-state index is 13.4. The SMILES string of the molecule is CCNCCC1(Oc2ccc(Cl)c(F)c2)CCC1. The molecule has 0 unspecified atom stereocenters. The fourth-order valence-electron chi connectivity index (χ4n) is 2.26. The van der Waals surface area contributed by atoms with Gasteiger partial charge in [0.25, 0.3) is 0 Å². The zero-order chi connectivity index (χ0) is 13.0. The van der Waals surface area contributed by atoms with Crippen molar-refractivity contribution in [2.75, 3.05) is 13.1 Å². The summed E-state index contributed by atoms with van der Waals surface area (Å²) in [6, 6.07) is 4.65. The van der Waals surface area contributed by atoms with Crippen molar-refractivity contribution in [1.29, 1.82) is 0 Å². The van der Waals surface area contributed by atoms with E-state index < -0.39 is 5.82 Å². The van der Waals surface area contributed by atoms with Gasteiger partial charge in [-0.2, -0.15) is 0 Å². The summed E-state index contributed by atoms with van der Waals surface area (Å²) in [4.78, 5) is 0. The molecule has 0 bridgehead atoms. The average molecular weight is 272 g/mol. The monoisotopic (exact) mass is 271 g/mol. The first-order chi connectivity index (χ1) is 8.65. The molecule has 1 saturated carbocycles. The summed E-state index contributed by atoms with van der Waals surface area (Å²) in [5.41, 5.74) is -0.109. The minimum absolute atomic E-state index is 0.109. The van der Waals surface area contributed by atoms with E-state index in [9.17, 15) is 4.39 Å². The third-order valence-corrected chi connectivity index (χ3v) is 3.80. The van der Waals surface area contributed by atoms with Crippen LogP contribution in [0.2, 0.25) is 5.02 Å². The molecule has 4 heteroatoms. The van der Waals surface area contributed by atoms with Crippen LogP contribution in [0.15, 0.2) is 18.2 Å². The van der Waals surface area contributed by atoms with Crippen LogP contribution in [0.1, 0.15) is 32.6 Å². The molecule has 2 rings (SSSR count). The van der Waals surface area contributed by atoms with Crippen molar-refractivity contribution in [2.24, 2.45) is 0 Å². The molecule has 1 N–H and O–H groups in total. The first kappa shape index (κ1) is 13.6. The molecule has 1 aromatic carbocycles. The van der Waals surface area contributed by atoms with Gasteiger partial charge >= 0.3 is 0 Å². The topological polar surface area (TPSA) is 21.3 Å². The Bertz CT molecular complexity index is 407. The fourth-order valence-corrected chi connectivity index (χ4v) is 2.38. The molecular formula is C14H19ClFNO. The highest BCUT2D eigenvalue weighted by Gasteiger charge is 2.38. The Morgan fingerprint density at radius 2 is 2.22 bits per heavy atom. The van der Waals surface area contributed by atoms with Crippen molar-refractivity contribution in [3.63, 3.8) is 0 Å². The van der Waals surface area contributed by atoms with Gasteiger partial charge in [-0.25, -0.2) is 4.39 Å². The molecule has 1 aliphatic carbocycles. The van der Waals surface area contributed by atoms with Crippen LogP contribution in [0, 0.1) is 5.82 Å². The minimum Gasteiger partial charge on any atom is -0.487 e. The summed E-state index contributed by atoms with van der Waals surface area (Å²) in [5.74, 6) is 0.156. The maximum atomic E-state index is 13.4. The van der Waals surface area contributed by atoms with Crippen molar-refractivity contribution < 1.29 is 9.13 Å². The maximum Gasteiger partial charge on any atom is 0.145 e. The molecule has 0 aromatic heterocycles. The largest absolute Gasteiger partial charge is 0.487 e. The fraction of sp³-hybridized carbons (Fsp3) is 0.571. The third kappa shape index (κ3) is 3.15. The second kappa shape index (κ2) is 5.89. The van der Waals surface area contributed by atoms with E-state index in [1.54, 1.807) is 12.1 Å². The van der Waals surface area contributed by atoms with E-state index in [2.05, 4.69) is 12.2 Å². The zero-order valence-electron chi connectivity index (χ0n) is 10.6. The predicted octanol–water partition coefficient (Wildman–Crippen LogP) is 3.78. The molecule has 0 heterocycles. The number of hydrogen-bond acceptors (Lipinski definition) is 2. The lowest BCUT2D eigenvalue weighted by atomic mass is 9.77. The number of nitrogens with one attached hydrogen (secondary N) is 1. The lowest BCUT2D eigenvalue weighted by Crippen LogP contribution is -2.45. The molecule has 1 aromatic rings. The molecule has 0 aliphatic heterocycles. The lowest BCUT2D eigenvalue weighted by molar-refractivity contribution is -0.0143. The molecule has 100 valence electrons. The van der Waals surface area contributed by atoms with E-state index >= 15 is 0 Å². The van der Waals surface area contributed by atoms with Gasteiger partial charge in [0.2, 0.25) is 0 Å². The van der Waals surface area contributed by atoms with Crippen molar-refractivity contribution >= 4 is 11.6 Å². The Morgan fingerprint density at radius 1 is 1.44 bits per heavy atom. The summed E-state index contributed by atoms with van der Waals surface area (Å²) in [6.45, 7) is 3.99. The number of halogens is 2. The average Bonchev–Trinajstić information content (AvgIpc) is 2.31. The normalized spacial score (nSPS) is 17.3. The molecule has 0 amide bonds. The Hall–Kier alpha value is -0.800. The van der Waals surface area contributed by atoms with E-state index in [0.29, 0.717) is 5.75 Å². The number of benzene rings is 1. The number of hydrogen-bond donors (Lipinski definition) is 1. The third-order valence-electron chi connectivity index (χ3n) is 3.50. The first-order valence-electron chi connectivity index (χ1n) is 6.50. The number of ether oxygens (including phenoxy) is 1. The van der Waals surface area contributed by atoms with E-state index in [-0.39, 0.29) is 10.6 Å². The van der Waals surface area contributed by atoms with Crippen molar-refractivity contribution in [3.05, 3.63) is 29.0 Å².